The zero-order valence-electron chi connectivity index (χ0n) is 26.0. The first kappa shape index (κ1) is 27.9. The molecule has 10 rings (SSSR count). The highest BCUT2D eigenvalue weighted by Crippen LogP contribution is 2.76. The summed E-state index contributed by atoms with van der Waals surface area (Å²) in [7, 11) is 1.86. The lowest BCUT2D eigenvalue weighted by Crippen LogP contribution is -2.81. The highest BCUT2D eigenvalue weighted by atomic mass is 16.6. The number of nitrogens with one attached hydrogen (secondary N) is 1. The summed E-state index contributed by atoms with van der Waals surface area (Å²) in [5.74, 6) is 1.89. The average molecular weight is 607 g/mol. The van der Waals surface area contributed by atoms with Crippen LogP contribution in [0.4, 0.5) is 5.69 Å². The molecule has 0 aromatic heterocycles. The van der Waals surface area contributed by atoms with Crippen LogP contribution in [-0.2, 0) is 27.9 Å². The topological polar surface area (TPSA) is 80.3 Å². The van der Waals surface area contributed by atoms with E-state index in [2.05, 4.69) is 16.3 Å². The van der Waals surface area contributed by atoms with E-state index in [1.165, 1.54) is 30.5 Å². The number of anilines is 1. The standard InChI is InChI=1S/C38H42N2O5/c1-43-38-15-14-36(20-28(38)23-44-22-25-6-5-9-29(18-25)39-34(42)26-7-3-2-4-8-26)31-19-27-12-13-30(41)33-32(27)37(36,35(38)45-33)16-17-40(31)21-24-10-11-24/h2-9,12-13,18,24,28,31,35,41H,10-11,14-17,19-23H2,1H3,(H,39,42)/t28-,31-,35-,36-,37+,38-/m1/s1. The summed E-state index contributed by atoms with van der Waals surface area (Å²) in [6, 6.07) is 21.7. The van der Waals surface area contributed by atoms with Crippen LogP contribution in [0.1, 0.15) is 65.6 Å². The van der Waals surface area contributed by atoms with E-state index in [0.717, 1.165) is 61.6 Å². The van der Waals surface area contributed by atoms with Gasteiger partial charge < -0.3 is 24.6 Å². The summed E-state index contributed by atoms with van der Waals surface area (Å²) in [5, 5.41) is 14.1. The van der Waals surface area contributed by atoms with Crippen LogP contribution in [0.15, 0.2) is 66.7 Å². The second kappa shape index (κ2) is 10.1. The van der Waals surface area contributed by atoms with Gasteiger partial charge in [0.15, 0.2) is 11.5 Å². The summed E-state index contributed by atoms with van der Waals surface area (Å²) in [6.07, 6.45) is 7.81. The number of phenolic OH excluding ortho intramolecular Hbond substituents is 1. The lowest BCUT2D eigenvalue weighted by molar-refractivity contribution is -0.283. The minimum Gasteiger partial charge on any atom is -0.504 e. The van der Waals surface area contributed by atoms with Gasteiger partial charge in [-0.1, -0.05) is 36.4 Å². The maximum atomic E-state index is 12.7. The van der Waals surface area contributed by atoms with Crippen LogP contribution in [0.2, 0.25) is 0 Å². The predicted molar refractivity (Wildman–Crippen MR) is 171 cm³/mol. The molecule has 7 aliphatic rings. The van der Waals surface area contributed by atoms with E-state index in [1.807, 2.05) is 67.8 Å². The Morgan fingerprint density at radius 2 is 1.93 bits per heavy atom. The summed E-state index contributed by atoms with van der Waals surface area (Å²) in [4.78, 5) is 15.6. The number of benzene rings is 3. The molecule has 234 valence electrons. The second-order valence-corrected chi connectivity index (χ2v) is 14.6. The molecule has 1 amide bonds. The summed E-state index contributed by atoms with van der Waals surface area (Å²) in [5.41, 5.74) is 4.55. The van der Waals surface area contributed by atoms with Crippen LogP contribution in [0.25, 0.3) is 0 Å². The van der Waals surface area contributed by atoms with Crippen molar-refractivity contribution in [2.45, 2.75) is 74.7 Å². The molecule has 2 heterocycles. The molecule has 45 heavy (non-hydrogen) atoms. The van der Waals surface area contributed by atoms with Gasteiger partial charge in [-0.15, -0.1) is 0 Å². The van der Waals surface area contributed by atoms with Gasteiger partial charge in [-0.2, -0.15) is 0 Å². The van der Waals surface area contributed by atoms with E-state index >= 15 is 0 Å². The molecule has 3 aromatic carbocycles. The molecular formula is C38H42N2O5. The van der Waals surface area contributed by atoms with E-state index in [9.17, 15) is 9.90 Å². The molecule has 5 fully saturated rings. The fourth-order valence-electron chi connectivity index (χ4n) is 10.6. The van der Waals surface area contributed by atoms with Crippen LogP contribution in [0.5, 0.6) is 11.5 Å². The molecule has 5 aliphatic carbocycles. The van der Waals surface area contributed by atoms with Crippen molar-refractivity contribution < 1.29 is 24.1 Å². The zero-order chi connectivity index (χ0) is 30.4. The summed E-state index contributed by atoms with van der Waals surface area (Å²) in [6.45, 7) is 3.34. The van der Waals surface area contributed by atoms with Gasteiger partial charge in [-0.3, -0.25) is 9.69 Å². The number of aromatic hydroxyl groups is 1. The van der Waals surface area contributed by atoms with E-state index in [4.69, 9.17) is 14.2 Å². The highest BCUT2D eigenvalue weighted by Gasteiger charge is 2.80. The molecule has 3 aromatic rings. The van der Waals surface area contributed by atoms with Gasteiger partial charge in [0, 0.05) is 53.3 Å². The van der Waals surface area contributed by atoms with Gasteiger partial charge in [0.2, 0.25) is 0 Å². The van der Waals surface area contributed by atoms with E-state index in [-0.39, 0.29) is 34.5 Å². The number of hydrogen-bond donors (Lipinski definition) is 2. The van der Waals surface area contributed by atoms with Crippen molar-refractivity contribution in [3.63, 3.8) is 0 Å². The van der Waals surface area contributed by atoms with Crippen molar-refractivity contribution in [1.82, 2.24) is 4.90 Å². The van der Waals surface area contributed by atoms with Crippen molar-refractivity contribution in [3.05, 3.63) is 89.0 Å². The van der Waals surface area contributed by atoms with Gasteiger partial charge in [0.05, 0.1) is 13.2 Å². The van der Waals surface area contributed by atoms with Gasteiger partial charge in [0.25, 0.3) is 5.91 Å². The van der Waals surface area contributed by atoms with Crippen molar-refractivity contribution in [1.29, 1.82) is 0 Å². The Morgan fingerprint density at radius 3 is 2.76 bits per heavy atom. The molecule has 1 saturated heterocycles. The maximum Gasteiger partial charge on any atom is 0.255 e. The molecule has 0 radical (unpaired) electrons. The number of nitrogens with zero attached hydrogens (tertiary/aromatic N) is 1. The van der Waals surface area contributed by atoms with Crippen LogP contribution in [0, 0.1) is 17.3 Å². The first-order valence-electron chi connectivity index (χ1n) is 16.8. The predicted octanol–water partition coefficient (Wildman–Crippen LogP) is 6.09. The molecule has 7 heteroatoms. The summed E-state index contributed by atoms with van der Waals surface area (Å²) >= 11 is 0. The summed E-state index contributed by atoms with van der Waals surface area (Å²) < 4.78 is 20.1. The number of likely N-dealkylation sites (tertiary alicyclic amines) is 1. The van der Waals surface area contributed by atoms with Crippen molar-refractivity contribution in [2.24, 2.45) is 17.3 Å². The normalized spacial score (nSPS) is 33.8. The SMILES string of the molecule is CO[C@]12CC[C@@]3(C[C@@H]1COCc1cccc(NC(=O)c4ccccc4)c1)[C@H]1Cc4ccc(O)c5c4[C@@]3(CCN1CC1CC1)[C@H]2O5. The van der Waals surface area contributed by atoms with E-state index < -0.39 is 5.60 Å². The molecule has 0 unspecified atom stereocenters. The minimum absolute atomic E-state index is 0.0762. The Kier molecular flexibility index (Phi) is 6.23. The first-order chi connectivity index (χ1) is 22.0. The first-order valence-corrected chi connectivity index (χ1v) is 16.8. The van der Waals surface area contributed by atoms with Crippen molar-refractivity contribution in [2.75, 3.05) is 32.1 Å². The Bertz CT molecular complexity index is 1660. The number of amides is 1. The molecular weight excluding hydrogens is 564 g/mol. The molecule has 6 atom stereocenters. The number of phenols is 1. The van der Waals surface area contributed by atoms with Crippen LogP contribution >= 0.6 is 0 Å². The number of rotatable bonds is 9. The third-order valence-corrected chi connectivity index (χ3v) is 12.6. The molecule has 7 nitrogen and oxygen atoms in total. The number of fused-ring (bicyclic) bond motifs is 2. The smallest absolute Gasteiger partial charge is 0.255 e. The van der Waals surface area contributed by atoms with Gasteiger partial charge in [-0.05, 0) is 98.9 Å². The molecule has 2 aliphatic heterocycles. The van der Waals surface area contributed by atoms with Crippen molar-refractivity contribution in [3.8, 4) is 11.5 Å². The number of carbonyl (C=O) groups is 1. The third-order valence-electron chi connectivity index (χ3n) is 12.6. The number of methoxy groups -OCH3 is 1. The Labute approximate surface area is 264 Å². The lowest BCUT2D eigenvalue weighted by Gasteiger charge is -2.74. The van der Waals surface area contributed by atoms with E-state index in [0.29, 0.717) is 24.8 Å². The van der Waals surface area contributed by atoms with Crippen LogP contribution < -0.4 is 10.1 Å². The van der Waals surface area contributed by atoms with Crippen molar-refractivity contribution >= 4 is 11.6 Å². The highest BCUT2D eigenvalue weighted by molar-refractivity contribution is 6.04. The van der Waals surface area contributed by atoms with E-state index in [1.54, 1.807) is 0 Å². The number of piperidine rings is 1. The zero-order valence-corrected chi connectivity index (χ0v) is 26.0. The lowest BCUT2D eigenvalue weighted by atomic mass is 9.35. The Balaban J connectivity index is 0.994. The van der Waals surface area contributed by atoms with Gasteiger partial charge in [0.1, 0.15) is 11.7 Å². The molecule has 4 saturated carbocycles. The second-order valence-electron chi connectivity index (χ2n) is 14.6. The number of ether oxygens (including phenoxy) is 3. The minimum atomic E-state index is -0.476. The largest absolute Gasteiger partial charge is 0.504 e. The molecule has 4 bridgehead atoms. The van der Waals surface area contributed by atoms with Crippen LogP contribution in [0.3, 0.4) is 0 Å². The third kappa shape index (κ3) is 3.90. The average Bonchev–Trinajstić information content (AvgIpc) is 3.81. The Morgan fingerprint density at radius 1 is 1.07 bits per heavy atom. The van der Waals surface area contributed by atoms with Crippen LogP contribution in [-0.4, -0.2) is 60.5 Å². The van der Waals surface area contributed by atoms with Gasteiger partial charge in [-0.25, -0.2) is 0 Å². The number of hydrogen-bond acceptors (Lipinski definition) is 6. The quantitative estimate of drug-likeness (QED) is 0.307. The van der Waals surface area contributed by atoms with Gasteiger partial charge >= 0.3 is 0 Å². The fourth-order valence-corrected chi connectivity index (χ4v) is 10.6. The molecule has 2 N–H and O–H groups in total. The Hall–Kier alpha value is -3.39. The maximum absolute atomic E-state index is 12.7. The molecule has 2 spiro atoms. The fraction of sp³-hybridized carbons (Fsp3) is 0.500. The number of carbonyl (C=O) groups excluding carboxylic acids is 1. The monoisotopic (exact) mass is 606 g/mol.